The van der Waals surface area contributed by atoms with Crippen LogP contribution in [0.25, 0.3) is 0 Å². The molecule has 0 aromatic heterocycles. The van der Waals surface area contributed by atoms with E-state index in [1.54, 1.807) is 0 Å². The lowest BCUT2D eigenvalue weighted by molar-refractivity contribution is -0.455. The summed E-state index contributed by atoms with van der Waals surface area (Å²) in [6.07, 6.45) is -20.4. The van der Waals surface area contributed by atoms with Gasteiger partial charge in [0, 0.05) is 17.6 Å². The van der Waals surface area contributed by atoms with Gasteiger partial charge in [0.2, 0.25) is 0 Å². The molecule has 0 radical (unpaired) electrons. The minimum Gasteiger partial charge on any atom is -0.478 e. The van der Waals surface area contributed by atoms with E-state index in [0.717, 1.165) is 0 Å². The van der Waals surface area contributed by atoms with E-state index in [9.17, 15) is 70.7 Å². The van der Waals surface area contributed by atoms with Crippen molar-refractivity contribution in [1.29, 1.82) is 0 Å². The highest BCUT2D eigenvalue weighted by Gasteiger charge is 2.95. The molecule has 0 spiro atoms. The van der Waals surface area contributed by atoms with Crippen LogP contribution in [0.4, 0.5) is 65.9 Å². The zero-order chi connectivity index (χ0) is 26.5. The lowest BCUT2D eigenvalue weighted by Gasteiger charge is -2.43. The highest BCUT2D eigenvalue weighted by atomic mass is 19.4. The molecule has 0 fully saturated rings. The van der Waals surface area contributed by atoms with Crippen LogP contribution in [0, 0.1) is 0 Å². The lowest BCUT2D eigenvalue weighted by atomic mass is 9.82. The summed E-state index contributed by atoms with van der Waals surface area (Å²) in [4.78, 5) is 10.8. The molecular weight excluding hydrogens is 501 g/mol. The Bertz CT molecular complexity index is 731. The lowest BCUT2D eigenvalue weighted by Crippen LogP contribution is -2.75. The van der Waals surface area contributed by atoms with E-state index in [4.69, 9.17) is 10.2 Å². The molecule has 18 heteroatoms. The fourth-order valence-corrected chi connectivity index (χ4v) is 2.26. The first kappa shape index (κ1) is 30.1. The Hall–Kier alpha value is -1.88. The Morgan fingerprint density at radius 2 is 1.06 bits per heavy atom. The molecule has 0 amide bonds. The smallest absolute Gasteiger partial charge is 0.438 e. The van der Waals surface area contributed by atoms with Gasteiger partial charge in [0.05, 0.1) is 6.10 Å². The fraction of sp³-hybridized carbons (Fsp3) is 0.786. The van der Waals surface area contributed by atoms with Crippen LogP contribution < -0.4 is 0 Å². The maximum absolute atomic E-state index is 14.2. The zero-order valence-electron chi connectivity index (χ0n) is 15.3. The number of carbonyl (C=O) groups is 1. The normalized spacial score (nSPS) is 17.2. The molecule has 190 valence electrons. The van der Waals surface area contributed by atoms with Crippen molar-refractivity contribution in [2.24, 2.45) is 0 Å². The van der Waals surface area contributed by atoms with Gasteiger partial charge < -0.3 is 10.2 Å². The molecule has 0 saturated heterocycles. The molecule has 0 aromatic rings. The Morgan fingerprint density at radius 1 is 0.719 bits per heavy atom. The SMILES string of the molecule is CC(C(=O)O)=C(CC(C)O)C(F)(F)C(F)(F)C(F)(F)C(F)(F)C(F)(C(F)(F)F)C(F)(F)F. The van der Waals surface area contributed by atoms with Crippen molar-refractivity contribution in [2.45, 2.75) is 68.1 Å². The summed E-state index contributed by atoms with van der Waals surface area (Å²) in [5, 5.41) is 17.6. The Balaban J connectivity index is 7.22. The summed E-state index contributed by atoms with van der Waals surface area (Å²) in [6.45, 7) is 0.473. The van der Waals surface area contributed by atoms with Crippen LogP contribution in [0.15, 0.2) is 11.1 Å². The van der Waals surface area contributed by atoms with E-state index in [2.05, 4.69) is 0 Å². The molecule has 0 saturated carbocycles. The number of rotatable bonds is 8. The molecule has 1 atom stereocenters. The molecular formula is C14H11F15O3. The summed E-state index contributed by atoms with van der Waals surface area (Å²) < 4.78 is 199. The molecule has 0 aromatic carbocycles. The number of alkyl halides is 15. The predicted octanol–water partition coefficient (Wildman–Crippen LogP) is 5.53. The van der Waals surface area contributed by atoms with E-state index < -0.39 is 71.4 Å². The van der Waals surface area contributed by atoms with Gasteiger partial charge in [0.1, 0.15) is 0 Å². The summed E-state index contributed by atoms with van der Waals surface area (Å²) in [5.74, 6) is -34.5. The molecule has 0 heterocycles. The van der Waals surface area contributed by atoms with Crippen LogP contribution in [0.3, 0.4) is 0 Å². The van der Waals surface area contributed by atoms with Gasteiger partial charge in [-0.3, -0.25) is 0 Å². The minimum atomic E-state index is -8.60. The molecule has 0 rings (SSSR count). The summed E-state index contributed by atoms with van der Waals surface area (Å²) in [5.41, 5.74) is -13.2. The summed E-state index contributed by atoms with van der Waals surface area (Å²) in [6, 6.07) is 0. The second kappa shape index (κ2) is 8.16. The number of hydrogen-bond acceptors (Lipinski definition) is 2. The average Bonchev–Trinajstić information content (AvgIpc) is 2.54. The number of aliphatic carboxylic acids is 1. The van der Waals surface area contributed by atoms with Crippen molar-refractivity contribution in [3.63, 3.8) is 0 Å². The van der Waals surface area contributed by atoms with Gasteiger partial charge >= 0.3 is 47.7 Å². The van der Waals surface area contributed by atoms with Gasteiger partial charge in [0.25, 0.3) is 0 Å². The fourth-order valence-electron chi connectivity index (χ4n) is 2.26. The van der Waals surface area contributed by atoms with E-state index in [-0.39, 0.29) is 6.92 Å². The third kappa shape index (κ3) is 4.21. The third-order valence-corrected chi connectivity index (χ3v) is 4.05. The molecule has 1 unspecified atom stereocenters. The second-order valence-electron chi connectivity index (χ2n) is 6.41. The van der Waals surface area contributed by atoms with E-state index in [0.29, 0.717) is 6.92 Å². The van der Waals surface area contributed by atoms with E-state index >= 15 is 0 Å². The number of carboxylic acids is 1. The molecule has 0 bridgehead atoms. The highest BCUT2D eigenvalue weighted by molar-refractivity contribution is 5.87. The first-order valence-corrected chi connectivity index (χ1v) is 7.61. The van der Waals surface area contributed by atoms with Crippen LogP contribution in [0.1, 0.15) is 20.3 Å². The van der Waals surface area contributed by atoms with Crippen molar-refractivity contribution < 1.29 is 80.9 Å². The van der Waals surface area contributed by atoms with Gasteiger partial charge in [-0.2, -0.15) is 61.5 Å². The van der Waals surface area contributed by atoms with E-state index in [1.807, 2.05) is 0 Å². The number of hydrogen-bond donors (Lipinski definition) is 2. The third-order valence-electron chi connectivity index (χ3n) is 4.05. The number of aliphatic hydroxyl groups is 1. The van der Waals surface area contributed by atoms with Crippen molar-refractivity contribution in [2.75, 3.05) is 0 Å². The van der Waals surface area contributed by atoms with Gasteiger partial charge in [-0.1, -0.05) is 0 Å². The molecule has 0 aliphatic rings. The monoisotopic (exact) mass is 512 g/mol. The van der Waals surface area contributed by atoms with Gasteiger partial charge in [-0.05, 0) is 13.8 Å². The number of carboxylic acid groups (broad SMARTS) is 1. The van der Waals surface area contributed by atoms with Gasteiger partial charge in [0.15, 0.2) is 0 Å². The largest absolute Gasteiger partial charge is 0.478 e. The van der Waals surface area contributed by atoms with E-state index in [1.165, 1.54) is 0 Å². The maximum atomic E-state index is 14.2. The molecule has 0 aliphatic heterocycles. The van der Waals surface area contributed by atoms with Crippen LogP contribution in [-0.4, -0.2) is 64.0 Å². The minimum absolute atomic E-state index is 0.00516. The topological polar surface area (TPSA) is 57.5 Å². The quantitative estimate of drug-likeness (QED) is 0.332. The Kier molecular flexibility index (Phi) is 7.68. The summed E-state index contributed by atoms with van der Waals surface area (Å²) >= 11 is 0. The first-order chi connectivity index (χ1) is 13.7. The second-order valence-corrected chi connectivity index (χ2v) is 6.41. The van der Waals surface area contributed by atoms with Crippen molar-refractivity contribution in [3.05, 3.63) is 11.1 Å². The Labute approximate surface area is 167 Å². The predicted molar refractivity (Wildman–Crippen MR) is 72.4 cm³/mol. The highest BCUT2D eigenvalue weighted by Crippen LogP contribution is 2.64. The van der Waals surface area contributed by atoms with Gasteiger partial charge in [-0.15, -0.1) is 0 Å². The van der Waals surface area contributed by atoms with Crippen LogP contribution in [0.2, 0.25) is 0 Å². The van der Waals surface area contributed by atoms with Crippen LogP contribution in [0.5, 0.6) is 0 Å². The first-order valence-electron chi connectivity index (χ1n) is 7.61. The van der Waals surface area contributed by atoms with Crippen molar-refractivity contribution in [3.8, 4) is 0 Å². The molecule has 2 N–H and O–H groups in total. The van der Waals surface area contributed by atoms with Crippen molar-refractivity contribution >= 4 is 5.97 Å². The van der Waals surface area contributed by atoms with Crippen molar-refractivity contribution in [1.82, 2.24) is 0 Å². The zero-order valence-corrected chi connectivity index (χ0v) is 15.3. The standard InChI is InChI=1S/C14H11F15O3/c1-4(30)3-6(5(2)7(31)32)8(15,16)10(18,19)12(22,23)11(20,21)9(17,13(24,25)26)14(27,28)29/h4,30H,3H2,1-2H3,(H,31,32). The van der Waals surface area contributed by atoms with Crippen LogP contribution in [-0.2, 0) is 4.79 Å². The van der Waals surface area contributed by atoms with Crippen LogP contribution >= 0.6 is 0 Å². The average molecular weight is 512 g/mol. The maximum Gasteiger partial charge on any atom is 0.438 e. The number of halogens is 15. The molecule has 0 aliphatic carbocycles. The molecule has 32 heavy (non-hydrogen) atoms. The number of aliphatic hydroxyl groups excluding tert-OH is 1. The van der Waals surface area contributed by atoms with Gasteiger partial charge in [-0.25, -0.2) is 9.18 Å². The summed E-state index contributed by atoms with van der Waals surface area (Å²) in [7, 11) is 0. The molecule has 3 nitrogen and oxygen atoms in total. The Morgan fingerprint density at radius 3 is 1.31 bits per heavy atom.